The van der Waals surface area contributed by atoms with Crippen molar-refractivity contribution in [3.8, 4) is 5.88 Å². The topological polar surface area (TPSA) is 170 Å². The minimum absolute atomic E-state index is 0.0302. The normalized spacial score (nSPS) is 11.7. The second-order valence-electron chi connectivity index (χ2n) is 6.00. The van der Waals surface area contributed by atoms with Crippen molar-refractivity contribution in [2.24, 2.45) is 4.99 Å². The molecule has 0 unspecified atom stereocenters. The van der Waals surface area contributed by atoms with E-state index in [1.165, 1.54) is 24.3 Å². The summed E-state index contributed by atoms with van der Waals surface area (Å²) in [5.74, 6) is -0.656. The first kappa shape index (κ1) is 19.9. The number of sulfonamides is 1. The van der Waals surface area contributed by atoms with Gasteiger partial charge in [-0.05, 0) is 44.2 Å². The van der Waals surface area contributed by atoms with Crippen molar-refractivity contribution in [2.75, 3.05) is 4.72 Å². The highest BCUT2D eigenvalue weighted by atomic mass is 32.2. The molecule has 0 radical (unpaired) electrons. The highest BCUT2D eigenvalue weighted by molar-refractivity contribution is 7.92. The summed E-state index contributed by atoms with van der Waals surface area (Å²) >= 11 is 0. The molecule has 2 aromatic heterocycles. The molecule has 0 spiro atoms. The van der Waals surface area contributed by atoms with Crippen molar-refractivity contribution >= 4 is 27.9 Å². The zero-order valence-corrected chi connectivity index (χ0v) is 16.1. The van der Waals surface area contributed by atoms with E-state index in [9.17, 15) is 23.1 Å². The van der Waals surface area contributed by atoms with E-state index >= 15 is 0 Å². The Labute approximate surface area is 164 Å². The van der Waals surface area contributed by atoms with Gasteiger partial charge in [0.25, 0.3) is 15.6 Å². The van der Waals surface area contributed by atoms with Gasteiger partial charge in [0.05, 0.1) is 10.6 Å². The predicted molar refractivity (Wildman–Crippen MR) is 105 cm³/mol. The Morgan fingerprint density at radius 1 is 1.07 bits per heavy atom. The zero-order chi connectivity index (χ0) is 21.2. The van der Waals surface area contributed by atoms with Gasteiger partial charge < -0.3 is 5.11 Å². The SMILES string of the molecule is Cc1cc(C)nc(NS(=O)(=O)c2ccc(N=Cc3c(O)[nH]c(=O)[nH]c3=O)cc2)n1. The van der Waals surface area contributed by atoms with Crippen molar-refractivity contribution in [2.45, 2.75) is 18.7 Å². The summed E-state index contributed by atoms with van der Waals surface area (Å²) in [5, 5.41) is 9.61. The number of rotatable bonds is 5. The molecule has 0 fully saturated rings. The number of hydrogen-bond acceptors (Lipinski definition) is 8. The van der Waals surface area contributed by atoms with Crippen LogP contribution in [0.25, 0.3) is 0 Å². The van der Waals surface area contributed by atoms with Gasteiger partial charge in [-0.1, -0.05) is 0 Å². The maximum atomic E-state index is 12.5. The second kappa shape index (κ2) is 7.67. The summed E-state index contributed by atoms with van der Waals surface area (Å²) in [6, 6.07) is 7.16. The molecule has 150 valence electrons. The molecule has 12 heteroatoms. The van der Waals surface area contributed by atoms with Crippen LogP contribution in [0.2, 0.25) is 0 Å². The maximum Gasteiger partial charge on any atom is 0.328 e. The number of aryl methyl sites for hydroxylation is 2. The molecule has 0 bridgehead atoms. The summed E-state index contributed by atoms with van der Waals surface area (Å²) in [6.07, 6.45) is 1.05. The number of nitrogens with zero attached hydrogens (tertiary/aromatic N) is 3. The number of H-pyrrole nitrogens is 2. The van der Waals surface area contributed by atoms with Crippen LogP contribution in [-0.2, 0) is 10.0 Å². The summed E-state index contributed by atoms with van der Waals surface area (Å²) in [5.41, 5.74) is -0.335. The van der Waals surface area contributed by atoms with Gasteiger partial charge in [-0.25, -0.2) is 27.9 Å². The van der Waals surface area contributed by atoms with Gasteiger partial charge in [0.1, 0.15) is 5.56 Å². The molecule has 3 aromatic rings. The van der Waals surface area contributed by atoms with Gasteiger partial charge in [-0.3, -0.25) is 19.8 Å². The van der Waals surface area contributed by atoms with Gasteiger partial charge >= 0.3 is 5.69 Å². The molecule has 0 aliphatic rings. The first-order valence-electron chi connectivity index (χ1n) is 8.19. The molecule has 0 saturated heterocycles. The largest absolute Gasteiger partial charge is 0.494 e. The Balaban J connectivity index is 1.82. The Bertz CT molecular complexity index is 1290. The molecule has 1 aromatic carbocycles. The highest BCUT2D eigenvalue weighted by Gasteiger charge is 2.16. The first-order valence-corrected chi connectivity index (χ1v) is 9.67. The lowest BCUT2D eigenvalue weighted by molar-refractivity contribution is 0.447. The third-order valence-corrected chi connectivity index (χ3v) is 5.00. The van der Waals surface area contributed by atoms with Crippen molar-refractivity contribution in [3.63, 3.8) is 0 Å². The van der Waals surface area contributed by atoms with Gasteiger partial charge in [0.15, 0.2) is 0 Å². The average Bonchev–Trinajstić information content (AvgIpc) is 2.60. The van der Waals surface area contributed by atoms with Gasteiger partial charge in [-0.15, -0.1) is 0 Å². The molecule has 0 amide bonds. The molecule has 2 heterocycles. The lowest BCUT2D eigenvalue weighted by Gasteiger charge is -2.08. The molecule has 0 aliphatic heterocycles. The van der Waals surface area contributed by atoms with E-state index in [2.05, 4.69) is 19.7 Å². The number of aromatic amines is 2. The fraction of sp³-hybridized carbons (Fsp3) is 0.118. The second-order valence-corrected chi connectivity index (χ2v) is 7.68. The van der Waals surface area contributed by atoms with Crippen LogP contribution in [-0.4, -0.2) is 39.7 Å². The summed E-state index contributed by atoms with van der Waals surface area (Å²) in [4.78, 5) is 38.7. The molecule has 0 saturated carbocycles. The Morgan fingerprint density at radius 2 is 1.69 bits per heavy atom. The lowest BCUT2D eigenvalue weighted by atomic mass is 10.3. The van der Waals surface area contributed by atoms with Crippen LogP contribution in [0, 0.1) is 13.8 Å². The highest BCUT2D eigenvalue weighted by Crippen LogP contribution is 2.19. The summed E-state index contributed by atoms with van der Waals surface area (Å²) in [7, 11) is -3.91. The Hall–Kier alpha value is -3.80. The van der Waals surface area contributed by atoms with Gasteiger partial charge in [0, 0.05) is 17.6 Å². The lowest BCUT2D eigenvalue weighted by Crippen LogP contribution is -2.24. The van der Waals surface area contributed by atoms with Crippen LogP contribution in [0.4, 0.5) is 11.6 Å². The molecule has 11 nitrogen and oxygen atoms in total. The summed E-state index contributed by atoms with van der Waals surface area (Å²) in [6.45, 7) is 3.45. The van der Waals surface area contributed by atoms with E-state index in [1.54, 1.807) is 19.9 Å². The van der Waals surface area contributed by atoms with E-state index in [4.69, 9.17) is 0 Å². The molecule has 29 heavy (non-hydrogen) atoms. The zero-order valence-electron chi connectivity index (χ0n) is 15.3. The van der Waals surface area contributed by atoms with Gasteiger partial charge in [0.2, 0.25) is 11.8 Å². The van der Waals surface area contributed by atoms with Crippen LogP contribution in [0.5, 0.6) is 5.88 Å². The molecule has 0 aliphatic carbocycles. The third-order valence-electron chi connectivity index (χ3n) is 3.66. The minimum Gasteiger partial charge on any atom is -0.494 e. The molecular weight excluding hydrogens is 400 g/mol. The summed E-state index contributed by atoms with van der Waals surface area (Å²) < 4.78 is 27.3. The van der Waals surface area contributed by atoms with Crippen molar-refractivity contribution < 1.29 is 13.5 Å². The predicted octanol–water partition coefficient (Wildman–Crippen LogP) is 0.727. The van der Waals surface area contributed by atoms with Crippen LogP contribution >= 0.6 is 0 Å². The van der Waals surface area contributed by atoms with Crippen LogP contribution in [0.15, 0.2) is 49.8 Å². The fourth-order valence-electron chi connectivity index (χ4n) is 2.41. The number of aliphatic imine (C=N–C) groups is 1. The van der Waals surface area contributed by atoms with E-state index < -0.39 is 27.2 Å². The van der Waals surface area contributed by atoms with E-state index in [-0.39, 0.29) is 16.4 Å². The number of aromatic hydroxyl groups is 1. The van der Waals surface area contributed by atoms with Crippen LogP contribution in [0.3, 0.4) is 0 Å². The van der Waals surface area contributed by atoms with Crippen molar-refractivity contribution in [1.82, 2.24) is 19.9 Å². The van der Waals surface area contributed by atoms with Crippen LogP contribution < -0.4 is 16.0 Å². The number of anilines is 1. The van der Waals surface area contributed by atoms with E-state index in [1.807, 2.05) is 9.97 Å². The third kappa shape index (κ3) is 4.73. The molecule has 0 atom stereocenters. The van der Waals surface area contributed by atoms with E-state index in [0.717, 1.165) is 6.21 Å². The molecule has 3 rings (SSSR count). The number of hydrogen-bond donors (Lipinski definition) is 4. The van der Waals surface area contributed by atoms with Crippen molar-refractivity contribution in [1.29, 1.82) is 0 Å². The number of aromatic nitrogens is 4. The number of benzene rings is 1. The molecular formula is C17H16N6O5S. The maximum absolute atomic E-state index is 12.5. The van der Waals surface area contributed by atoms with Crippen LogP contribution in [0.1, 0.15) is 17.0 Å². The average molecular weight is 416 g/mol. The fourth-order valence-corrected chi connectivity index (χ4v) is 3.35. The first-order chi connectivity index (χ1) is 13.6. The standard InChI is InChI=1S/C17H16N6O5S/c1-9-7-10(2)20-16(19-9)23-29(27,28)12-5-3-11(4-6-12)18-8-13-14(24)21-17(26)22-15(13)25/h3-8H,1-2H3,(H,19,20,23)(H3,21,22,24,25,26). The Morgan fingerprint density at radius 3 is 2.28 bits per heavy atom. The Kier molecular flexibility index (Phi) is 5.28. The quantitative estimate of drug-likeness (QED) is 0.444. The van der Waals surface area contributed by atoms with Crippen molar-refractivity contribution in [3.05, 3.63) is 68.1 Å². The minimum atomic E-state index is -3.91. The monoisotopic (exact) mass is 416 g/mol. The smallest absolute Gasteiger partial charge is 0.328 e. The molecule has 4 N–H and O–H groups in total. The number of nitrogens with one attached hydrogen (secondary N) is 3. The van der Waals surface area contributed by atoms with E-state index in [0.29, 0.717) is 17.1 Å². The van der Waals surface area contributed by atoms with Gasteiger partial charge in [-0.2, -0.15) is 0 Å².